The van der Waals surface area contributed by atoms with E-state index >= 15 is 0 Å². The average molecular weight is 426 g/mol. The highest BCUT2D eigenvalue weighted by molar-refractivity contribution is 5.87. The summed E-state index contributed by atoms with van der Waals surface area (Å²) >= 11 is 0. The van der Waals surface area contributed by atoms with Gasteiger partial charge < -0.3 is 19.9 Å². The summed E-state index contributed by atoms with van der Waals surface area (Å²) in [5.74, 6) is -0.820. The van der Waals surface area contributed by atoms with Crippen molar-refractivity contribution in [1.29, 1.82) is 0 Å². The number of carbonyl (C=O) groups is 2. The maximum absolute atomic E-state index is 12.7. The predicted octanol–water partition coefficient (Wildman–Crippen LogP) is 3.55. The number of hydrogen-bond donors (Lipinski definition) is 1. The Bertz CT molecular complexity index is 936. The summed E-state index contributed by atoms with van der Waals surface area (Å²) in [6.07, 6.45) is 4.49. The van der Waals surface area contributed by atoms with Gasteiger partial charge in [0.2, 0.25) is 0 Å². The molecule has 3 aliphatic rings. The SMILES string of the molecule is CC1=C2C(OC(=O)/C=C/c3ccccc3)C3(C)CC(OC(=O)C(C)N)C(C)(O3)C2CC1. The second-order valence-electron chi connectivity index (χ2n) is 9.40. The molecule has 6 unspecified atom stereocenters. The lowest BCUT2D eigenvalue weighted by molar-refractivity contribution is -0.205. The van der Waals surface area contributed by atoms with Crippen molar-refractivity contribution >= 4 is 18.0 Å². The zero-order chi connectivity index (χ0) is 22.4. The van der Waals surface area contributed by atoms with Crippen molar-refractivity contribution in [1.82, 2.24) is 0 Å². The second-order valence-corrected chi connectivity index (χ2v) is 9.40. The van der Waals surface area contributed by atoms with Gasteiger partial charge in [-0.25, -0.2) is 4.79 Å². The summed E-state index contributed by atoms with van der Waals surface area (Å²) in [4.78, 5) is 25.0. The van der Waals surface area contributed by atoms with Crippen molar-refractivity contribution < 1.29 is 23.8 Å². The van der Waals surface area contributed by atoms with Crippen LogP contribution in [-0.2, 0) is 23.8 Å². The highest BCUT2D eigenvalue weighted by Gasteiger charge is 2.67. The summed E-state index contributed by atoms with van der Waals surface area (Å²) < 4.78 is 18.3. The zero-order valence-corrected chi connectivity index (χ0v) is 18.6. The topological polar surface area (TPSA) is 87.9 Å². The summed E-state index contributed by atoms with van der Waals surface area (Å²) in [5, 5.41) is 0. The molecule has 2 N–H and O–H groups in total. The van der Waals surface area contributed by atoms with Gasteiger partial charge in [-0.3, -0.25) is 4.79 Å². The minimum absolute atomic E-state index is 0.0323. The Balaban J connectivity index is 1.60. The van der Waals surface area contributed by atoms with Crippen LogP contribution in [0.15, 0.2) is 47.6 Å². The molecule has 4 rings (SSSR count). The van der Waals surface area contributed by atoms with Gasteiger partial charge in [-0.05, 0) is 57.7 Å². The van der Waals surface area contributed by atoms with E-state index in [9.17, 15) is 9.59 Å². The average Bonchev–Trinajstić information content (AvgIpc) is 3.21. The first-order valence-electron chi connectivity index (χ1n) is 10.9. The molecule has 0 saturated carbocycles. The summed E-state index contributed by atoms with van der Waals surface area (Å²) in [6, 6.07) is 8.91. The van der Waals surface area contributed by atoms with Crippen LogP contribution < -0.4 is 5.73 Å². The van der Waals surface area contributed by atoms with Gasteiger partial charge in [-0.1, -0.05) is 35.9 Å². The van der Waals surface area contributed by atoms with E-state index in [2.05, 4.69) is 6.92 Å². The number of carbonyl (C=O) groups excluding carboxylic acids is 2. The van der Waals surface area contributed by atoms with Crippen molar-refractivity contribution in [3.05, 3.63) is 53.1 Å². The molecule has 0 spiro atoms. The van der Waals surface area contributed by atoms with Crippen molar-refractivity contribution in [3.63, 3.8) is 0 Å². The first-order valence-corrected chi connectivity index (χ1v) is 10.9. The molecule has 0 aromatic heterocycles. The smallest absolute Gasteiger partial charge is 0.331 e. The molecule has 2 aliphatic heterocycles. The molecule has 2 bridgehead atoms. The first-order chi connectivity index (χ1) is 14.6. The fraction of sp³-hybridized carbons (Fsp3) is 0.520. The van der Waals surface area contributed by atoms with E-state index in [1.54, 1.807) is 13.0 Å². The normalized spacial score (nSPS) is 35.2. The van der Waals surface area contributed by atoms with Crippen LogP contribution in [0.25, 0.3) is 6.08 Å². The molecule has 2 saturated heterocycles. The zero-order valence-electron chi connectivity index (χ0n) is 18.6. The van der Waals surface area contributed by atoms with Gasteiger partial charge in [-0.15, -0.1) is 0 Å². The van der Waals surface area contributed by atoms with Gasteiger partial charge in [0.1, 0.15) is 23.3 Å². The summed E-state index contributed by atoms with van der Waals surface area (Å²) in [6.45, 7) is 7.66. The van der Waals surface area contributed by atoms with Gasteiger partial charge in [0.25, 0.3) is 0 Å². The van der Waals surface area contributed by atoms with Crippen molar-refractivity contribution in [2.24, 2.45) is 11.7 Å². The van der Waals surface area contributed by atoms with Crippen molar-refractivity contribution in [3.8, 4) is 0 Å². The Labute approximate surface area is 183 Å². The lowest BCUT2D eigenvalue weighted by Crippen LogP contribution is -2.55. The van der Waals surface area contributed by atoms with Crippen LogP contribution in [0.5, 0.6) is 0 Å². The molecule has 1 aromatic carbocycles. The van der Waals surface area contributed by atoms with E-state index in [0.717, 1.165) is 24.0 Å². The molecule has 166 valence electrons. The van der Waals surface area contributed by atoms with E-state index in [-0.39, 0.29) is 5.92 Å². The van der Waals surface area contributed by atoms with Crippen LogP contribution in [0.3, 0.4) is 0 Å². The number of esters is 2. The van der Waals surface area contributed by atoms with E-state index in [1.807, 2.05) is 44.2 Å². The van der Waals surface area contributed by atoms with Crippen molar-refractivity contribution in [2.75, 3.05) is 0 Å². The van der Waals surface area contributed by atoms with Crippen molar-refractivity contribution in [2.45, 2.75) is 76.4 Å². The Morgan fingerprint density at radius 1 is 1.23 bits per heavy atom. The third kappa shape index (κ3) is 3.83. The van der Waals surface area contributed by atoms with E-state index in [4.69, 9.17) is 19.9 Å². The third-order valence-electron chi connectivity index (χ3n) is 6.96. The maximum Gasteiger partial charge on any atom is 0.331 e. The van der Waals surface area contributed by atoms with Gasteiger partial charge in [-0.2, -0.15) is 0 Å². The lowest BCUT2D eigenvalue weighted by Gasteiger charge is -2.47. The molecular formula is C25H31NO5. The summed E-state index contributed by atoms with van der Waals surface area (Å²) in [5.41, 5.74) is 7.58. The molecule has 6 heteroatoms. The highest BCUT2D eigenvalue weighted by Crippen LogP contribution is 2.59. The van der Waals surface area contributed by atoms with Gasteiger partial charge in [0, 0.05) is 18.4 Å². The van der Waals surface area contributed by atoms with E-state index < -0.39 is 41.4 Å². The fourth-order valence-corrected chi connectivity index (χ4v) is 5.40. The van der Waals surface area contributed by atoms with Crippen LogP contribution in [-0.4, -0.2) is 41.4 Å². The molecule has 6 nitrogen and oxygen atoms in total. The lowest BCUT2D eigenvalue weighted by atomic mass is 9.77. The molecule has 0 radical (unpaired) electrons. The fourth-order valence-electron chi connectivity index (χ4n) is 5.40. The molecule has 2 fully saturated rings. The molecule has 1 aliphatic carbocycles. The van der Waals surface area contributed by atoms with Gasteiger partial charge in [0.05, 0.1) is 0 Å². The Kier molecular flexibility index (Phi) is 5.56. The molecule has 6 atom stereocenters. The molecule has 31 heavy (non-hydrogen) atoms. The minimum atomic E-state index is -0.773. The van der Waals surface area contributed by atoms with Crippen LogP contribution >= 0.6 is 0 Å². The Morgan fingerprint density at radius 3 is 2.61 bits per heavy atom. The first kappa shape index (κ1) is 21.8. The molecule has 1 aromatic rings. The Morgan fingerprint density at radius 2 is 1.94 bits per heavy atom. The number of ether oxygens (including phenoxy) is 3. The van der Waals surface area contributed by atoms with Gasteiger partial charge >= 0.3 is 11.9 Å². The molecular weight excluding hydrogens is 394 g/mol. The number of benzene rings is 1. The second kappa shape index (κ2) is 7.92. The Hall–Kier alpha value is -2.44. The monoisotopic (exact) mass is 425 g/mol. The molecule has 2 heterocycles. The van der Waals surface area contributed by atoms with E-state index in [0.29, 0.717) is 6.42 Å². The van der Waals surface area contributed by atoms with Gasteiger partial charge in [0.15, 0.2) is 6.10 Å². The highest BCUT2D eigenvalue weighted by atomic mass is 16.6. The number of fused-ring (bicyclic) bond motifs is 4. The largest absolute Gasteiger partial charge is 0.458 e. The van der Waals surface area contributed by atoms with Crippen LogP contribution in [0.1, 0.15) is 52.5 Å². The third-order valence-corrected chi connectivity index (χ3v) is 6.96. The minimum Gasteiger partial charge on any atom is -0.458 e. The quantitative estimate of drug-likeness (QED) is 0.441. The number of nitrogens with two attached hydrogens (primary N) is 1. The number of rotatable bonds is 5. The van der Waals surface area contributed by atoms with Crippen LogP contribution in [0.2, 0.25) is 0 Å². The number of allylic oxidation sites excluding steroid dienone is 1. The van der Waals surface area contributed by atoms with Crippen LogP contribution in [0.4, 0.5) is 0 Å². The predicted molar refractivity (Wildman–Crippen MR) is 117 cm³/mol. The van der Waals surface area contributed by atoms with E-state index in [1.165, 1.54) is 11.6 Å². The molecule has 0 amide bonds. The maximum atomic E-state index is 12.7. The summed E-state index contributed by atoms with van der Waals surface area (Å²) in [7, 11) is 0. The van der Waals surface area contributed by atoms with Crippen LogP contribution in [0, 0.1) is 5.92 Å². The number of hydrogen-bond acceptors (Lipinski definition) is 6. The standard InChI is InChI=1S/C25H31NO5/c1-15-10-12-18-21(15)22(30-20(27)13-11-17-8-6-5-7-9-17)24(3)14-19(25(18,4)31-24)29-23(28)16(2)26/h5-9,11,13,16,18-19,22H,10,12,14,26H2,1-4H3/b13-11+.